The number of aromatic nitrogens is 4. The van der Waals surface area contributed by atoms with Crippen LogP contribution < -0.4 is 4.74 Å². The smallest absolute Gasteiger partial charge is 0.255 e. The van der Waals surface area contributed by atoms with E-state index in [9.17, 15) is 4.79 Å². The van der Waals surface area contributed by atoms with Crippen LogP contribution in [0, 0.1) is 0 Å². The Bertz CT molecular complexity index is 847. The molecule has 25 heavy (non-hydrogen) atoms. The summed E-state index contributed by atoms with van der Waals surface area (Å²) >= 11 is 1.53. The van der Waals surface area contributed by atoms with Crippen molar-refractivity contribution in [1.29, 1.82) is 0 Å². The highest BCUT2D eigenvalue weighted by Crippen LogP contribution is 2.19. The number of amides is 1. The summed E-state index contributed by atoms with van der Waals surface area (Å²) in [4.78, 5) is 18.7. The van der Waals surface area contributed by atoms with E-state index in [1.165, 1.54) is 11.3 Å². The number of hydrogen-bond donors (Lipinski definition) is 0. The number of thiophene rings is 1. The molecule has 1 aliphatic heterocycles. The number of aryl methyl sites for hydroxylation is 1. The average molecular weight is 355 g/mol. The van der Waals surface area contributed by atoms with Crippen LogP contribution >= 0.6 is 11.3 Å². The van der Waals surface area contributed by atoms with Gasteiger partial charge < -0.3 is 9.64 Å². The SMILES string of the molecule is O=C(c1ccsc1)N1CCCn2nnc(COc3ccccn3)c2C1. The lowest BCUT2D eigenvalue weighted by Crippen LogP contribution is -2.30. The molecule has 0 spiro atoms. The van der Waals surface area contributed by atoms with Crippen molar-refractivity contribution in [3.05, 3.63) is 58.2 Å². The van der Waals surface area contributed by atoms with Crippen LogP contribution in [-0.2, 0) is 19.7 Å². The van der Waals surface area contributed by atoms with E-state index in [1.807, 2.05) is 38.5 Å². The first-order chi connectivity index (χ1) is 12.3. The number of ether oxygens (including phenoxy) is 1. The Labute approximate surface area is 148 Å². The van der Waals surface area contributed by atoms with Crippen LogP contribution in [0.5, 0.6) is 5.88 Å². The fourth-order valence-corrected chi connectivity index (χ4v) is 3.45. The molecule has 0 saturated carbocycles. The Kier molecular flexibility index (Phi) is 4.43. The first-order valence-electron chi connectivity index (χ1n) is 8.08. The molecule has 0 radical (unpaired) electrons. The third kappa shape index (κ3) is 3.39. The third-order valence-corrected chi connectivity index (χ3v) is 4.79. The molecule has 0 aromatic carbocycles. The molecule has 0 bridgehead atoms. The number of carbonyl (C=O) groups excluding carboxylic acids is 1. The summed E-state index contributed by atoms with van der Waals surface area (Å²) in [6.07, 6.45) is 2.54. The van der Waals surface area contributed by atoms with Gasteiger partial charge in [-0.25, -0.2) is 9.67 Å². The van der Waals surface area contributed by atoms with Crippen LogP contribution in [0.15, 0.2) is 41.2 Å². The van der Waals surface area contributed by atoms with Gasteiger partial charge in [-0.3, -0.25) is 4.79 Å². The Morgan fingerprint density at radius 2 is 2.24 bits per heavy atom. The highest BCUT2D eigenvalue weighted by Gasteiger charge is 2.24. The van der Waals surface area contributed by atoms with E-state index in [-0.39, 0.29) is 12.5 Å². The predicted molar refractivity (Wildman–Crippen MR) is 92.3 cm³/mol. The number of fused-ring (bicyclic) bond motifs is 1. The second-order valence-corrected chi connectivity index (χ2v) is 6.53. The van der Waals surface area contributed by atoms with Gasteiger partial charge in [0.1, 0.15) is 12.3 Å². The molecule has 0 unspecified atom stereocenters. The van der Waals surface area contributed by atoms with Crippen molar-refractivity contribution in [2.24, 2.45) is 0 Å². The van der Waals surface area contributed by atoms with Crippen molar-refractivity contribution in [2.45, 2.75) is 26.1 Å². The highest BCUT2D eigenvalue weighted by atomic mass is 32.1. The van der Waals surface area contributed by atoms with Crippen LogP contribution in [0.1, 0.15) is 28.2 Å². The zero-order chi connectivity index (χ0) is 17.1. The van der Waals surface area contributed by atoms with Gasteiger partial charge in [0.2, 0.25) is 5.88 Å². The lowest BCUT2D eigenvalue weighted by Gasteiger charge is -2.19. The van der Waals surface area contributed by atoms with Crippen molar-refractivity contribution in [2.75, 3.05) is 6.54 Å². The molecule has 0 aliphatic carbocycles. The monoisotopic (exact) mass is 355 g/mol. The average Bonchev–Trinajstić information content (AvgIpc) is 3.26. The molecule has 1 amide bonds. The van der Waals surface area contributed by atoms with Gasteiger partial charge in [0.05, 0.1) is 17.8 Å². The molecular formula is C17H17N5O2S. The Morgan fingerprint density at radius 3 is 3.04 bits per heavy atom. The second-order valence-electron chi connectivity index (χ2n) is 5.75. The van der Waals surface area contributed by atoms with Crippen LogP contribution in [-0.4, -0.2) is 37.3 Å². The fourth-order valence-electron chi connectivity index (χ4n) is 2.82. The molecule has 4 rings (SSSR count). The van der Waals surface area contributed by atoms with E-state index >= 15 is 0 Å². The van der Waals surface area contributed by atoms with Crippen LogP contribution in [0.2, 0.25) is 0 Å². The number of hydrogen-bond acceptors (Lipinski definition) is 6. The van der Waals surface area contributed by atoms with Gasteiger partial charge in [0.15, 0.2) is 0 Å². The predicted octanol–water partition coefficient (Wildman–Crippen LogP) is 2.36. The minimum atomic E-state index is 0.0486. The van der Waals surface area contributed by atoms with E-state index in [0.717, 1.165) is 29.9 Å². The van der Waals surface area contributed by atoms with E-state index in [0.29, 0.717) is 19.0 Å². The summed E-state index contributed by atoms with van der Waals surface area (Å²) < 4.78 is 7.57. The first-order valence-corrected chi connectivity index (χ1v) is 9.02. The number of pyridine rings is 1. The largest absolute Gasteiger partial charge is 0.471 e. The molecule has 0 fully saturated rings. The van der Waals surface area contributed by atoms with Gasteiger partial charge >= 0.3 is 0 Å². The van der Waals surface area contributed by atoms with Crippen molar-refractivity contribution in [3.8, 4) is 5.88 Å². The maximum Gasteiger partial charge on any atom is 0.255 e. The molecule has 3 aromatic heterocycles. The zero-order valence-electron chi connectivity index (χ0n) is 13.5. The van der Waals surface area contributed by atoms with Gasteiger partial charge in [-0.15, -0.1) is 5.10 Å². The van der Waals surface area contributed by atoms with E-state index < -0.39 is 0 Å². The van der Waals surface area contributed by atoms with E-state index in [2.05, 4.69) is 15.3 Å². The number of rotatable bonds is 4. The maximum atomic E-state index is 12.7. The third-order valence-electron chi connectivity index (χ3n) is 4.11. The Balaban J connectivity index is 1.52. The van der Waals surface area contributed by atoms with Crippen molar-refractivity contribution < 1.29 is 9.53 Å². The van der Waals surface area contributed by atoms with E-state index in [1.54, 1.807) is 12.3 Å². The van der Waals surface area contributed by atoms with E-state index in [4.69, 9.17) is 4.74 Å². The van der Waals surface area contributed by atoms with Crippen molar-refractivity contribution in [3.63, 3.8) is 0 Å². The lowest BCUT2D eigenvalue weighted by molar-refractivity contribution is 0.0745. The summed E-state index contributed by atoms with van der Waals surface area (Å²) in [5.74, 6) is 0.594. The summed E-state index contributed by atoms with van der Waals surface area (Å²) in [6, 6.07) is 7.37. The zero-order valence-corrected chi connectivity index (χ0v) is 14.4. The molecule has 3 aromatic rings. The number of nitrogens with zero attached hydrogens (tertiary/aromatic N) is 5. The Hall–Kier alpha value is -2.74. The van der Waals surface area contributed by atoms with Crippen LogP contribution in [0.25, 0.3) is 0 Å². The molecular weight excluding hydrogens is 338 g/mol. The molecule has 128 valence electrons. The van der Waals surface area contributed by atoms with Gasteiger partial charge in [-0.2, -0.15) is 11.3 Å². The first kappa shape index (κ1) is 15.8. The quantitative estimate of drug-likeness (QED) is 0.718. The second kappa shape index (κ2) is 7.02. The van der Waals surface area contributed by atoms with Gasteiger partial charge in [-0.05, 0) is 23.9 Å². The molecule has 4 heterocycles. The topological polar surface area (TPSA) is 73.1 Å². The molecule has 7 nitrogen and oxygen atoms in total. The lowest BCUT2D eigenvalue weighted by atomic mass is 10.2. The fraction of sp³-hybridized carbons (Fsp3) is 0.294. The molecule has 8 heteroatoms. The Morgan fingerprint density at radius 1 is 1.28 bits per heavy atom. The van der Waals surface area contributed by atoms with Gasteiger partial charge in [0.25, 0.3) is 5.91 Å². The normalized spacial score (nSPS) is 14.0. The summed E-state index contributed by atoms with van der Waals surface area (Å²) in [7, 11) is 0. The molecule has 0 atom stereocenters. The van der Waals surface area contributed by atoms with Crippen molar-refractivity contribution >= 4 is 17.2 Å². The highest BCUT2D eigenvalue weighted by molar-refractivity contribution is 7.08. The summed E-state index contributed by atoms with van der Waals surface area (Å²) in [5.41, 5.74) is 2.41. The van der Waals surface area contributed by atoms with Gasteiger partial charge in [-0.1, -0.05) is 11.3 Å². The minimum Gasteiger partial charge on any atom is -0.471 e. The van der Waals surface area contributed by atoms with Gasteiger partial charge in [0, 0.05) is 30.7 Å². The molecule has 1 aliphatic rings. The molecule has 0 N–H and O–H groups in total. The van der Waals surface area contributed by atoms with Crippen LogP contribution in [0.4, 0.5) is 0 Å². The number of carbonyl (C=O) groups is 1. The molecule has 0 saturated heterocycles. The summed E-state index contributed by atoms with van der Waals surface area (Å²) in [5, 5.41) is 12.3. The summed E-state index contributed by atoms with van der Waals surface area (Å²) in [6.45, 7) is 2.23. The maximum absolute atomic E-state index is 12.7. The minimum absolute atomic E-state index is 0.0486. The van der Waals surface area contributed by atoms with Crippen molar-refractivity contribution in [1.82, 2.24) is 24.9 Å². The van der Waals surface area contributed by atoms with Crippen LogP contribution in [0.3, 0.4) is 0 Å². The standard InChI is InChI=1S/C17H17N5O2S/c23-17(13-5-9-25-12-13)21-7-3-8-22-15(10-21)14(19-20-22)11-24-16-4-1-2-6-18-16/h1-2,4-6,9,12H,3,7-8,10-11H2.